The van der Waals surface area contributed by atoms with Gasteiger partial charge in [-0.25, -0.2) is 0 Å². The molecule has 0 aliphatic rings. The smallest absolute Gasteiger partial charge is 0.178 e. The maximum atomic E-state index is 11.3. The number of rotatable bonds is 1. The molecule has 70 valence electrons. The fourth-order valence-electron chi connectivity index (χ4n) is 1.56. The molecule has 1 aromatic heterocycles. The van der Waals surface area contributed by atoms with Crippen molar-refractivity contribution in [2.75, 3.05) is 0 Å². The van der Waals surface area contributed by atoms with Gasteiger partial charge in [0.2, 0.25) is 0 Å². The molecule has 2 rings (SSSR count). The third kappa shape index (κ3) is 1.39. The lowest BCUT2D eigenvalue weighted by Gasteiger charge is -2.02. The molecule has 0 aliphatic carbocycles. The van der Waals surface area contributed by atoms with Gasteiger partial charge in [0.05, 0.1) is 0 Å². The molecule has 0 bridgehead atoms. The Morgan fingerprint density at radius 1 is 1.29 bits per heavy atom. The van der Waals surface area contributed by atoms with E-state index in [1.165, 1.54) is 0 Å². The molecule has 0 fully saturated rings. The summed E-state index contributed by atoms with van der Waals surface area (Å²) in [6, 6.07) is 7.96. The topological polar surface area (TPSA) is 30.0 Å². The summed E-state index contributed by atoms with van der Waals surface area (Å²) in [6.45, 7) is 3.56. The number of pyridine rings is 1. The first-order chi connectivity index (χ1) is 6.68. The average Bonchev–Trinajstić information content (AvgIpc) is 2.16. The van der Waals surface area contributed by atoms with Crippen molar-refractivity contribution in [1.29, 1.82) is 0 Å². The van der Waals surface area contributed by atoms with E-state index in [1.54, 1.807) is 13.1 Å². The summed E-state index contributed by atoms with van der Waals surface area (Å²) >= 11 is 0. The Kier molecular flexibility index (Phi) is 2.04. The molecule has 0 unspecified atom stereocenters. The summed E-state index contributed by atoms with van der Waals surface area (Å²) < 4.78 is 0. The minimum absolute atomic E-state index is 0.0150. The molecule has 0 radical (unpaired) electrons. The van der Waals surface area contributed by atoms with Crippen molar-refractivity contribution < 1.29 is 4.79 Å². The Bertz CT molecular complexity index is 503. The van der Waals surface area contributed by atoms with Gasteiger partial charge in [0.1, 0.15) is 5.69 Å². The lowest BCUT2D eigenvalue weighted by atomic mass is 10.1. The van der Waals surface area contributed by atoms with Crippen LogP contribution in [0, 0.1) is 6.92 Å². The Balaban J connectivity index is 2.84. The van der Waals surface area contributed by atoms with Crippen LogP contribution in [0.25, 0.3) is 10.8 Å². The number of carbonyl (C=O) groups excluding carboxylic acids is 1. The Morgan fingerprint density at radius 2 is 2.07 bits per heavy atom. The van der Waals surface area contributed by atoms with Crippen LogP contribution in [0.4, 0.5) is 0 Å². The number of aromatic nitrogens is 1. The highest BCUT2D eigenvalue weighted by atomic mass is 16.1. The van der Waals surface area contributed by atoms with Crippen molar-refractivity contribution in [3.8, 4) is 0 Å². The number of fused-ring (bicyclic) bond motifs is 1. The van der Waals surface area contributed by atoms with Gasteiger partial charge in [0.15, 0.2) is 5.78 Å². The second-order valence-electron chi connectivity index (χ2n) is 3.44. The minimum Gasteiger partial charge on any atom is -0.293 e. The highest BCUT2D eigenvalue weighted by Gasteiger charge is 2.06. The van der Waals surface area contributed by atoms with Crippen LogP contribution in [0.1, 0.15) is 23.0 Å². The number of ketones is 1. The van der Waals surface area contributed by atoms with E-state index in [9.17, 15) is 4.79 Å². The van der Waals surface area contributed by atoms with Crippen LogP contribution < -0.4 is 0 Å². The number of Topliss-reactive ketones (excluding diaryl/α,β-unsaturated/α-hetero) is 1. The first kappa shape index (κ1) is 8.88. The molecule has 0 saturated heterocycles. The van der Waals surface area contributed by atoms with E-state index >= 15 is 0 Å². The summed E-state index contributed by atoms with van der Waals surface area (Å²) in [7, 11) is 0. The molecule has 0 atom stereocenters. The number of carbonyl (C=O) groups is 1. The summed E-state index contributed by atoms with van der Waals surface area (Å²) in [5.74, 6) is 0.0150. The van der Waals surface area contributed by atoms with Gasteiger partial charge in [-0.3, -0.25) is 9.78 Å². The van der Waals surface area contributed by atoms with Gasteiger partial charge in [-0.05, 0) is 24.4 Å². The summed E-state index contributed by atoms with van der Waals surface area (Å²) in [5, 5.41) is 2.01. The van der Waals surface area contributed by atoms with E-state index in [1.807, 2.05) is 31.2 Å². The average molecular weight is 185 g/mol. The van der Waals surface area contributed by atoms with Crippen LogP contribution in [-0.2, 0) is 0 Å². The third-order valence-electron chi connectivity index (χ3n) is 2.26. The van der Waals surface area contributed by atoms with E-state index in [2.05, 4.69) is 4.98 Å². The Labute approximate surface area is 82.6 Å². The summed E-state index contributed by atoms with van der Waals surface area (Å²) in [6.07, 6.45) is 1.67. The number of hydrogen-bond donors (Lipinski definition) is 0. The molecule has 0 aliphatic heterocycles. The molecule has 1 aromatic carbocycles. The van der Waals surface area contributed by atoms with Crippen molar-refractivity contribution >= 4 is 16.6 Å². The SMILES string of the molecule is CC(=O)c1nccc2ccc(C)cc12. The van der Waals surface area contributed by atoms with Crippen LogP contribution >= 0.6 is 0 Å². The summed E-state index contributed by atoms with van der Waals surface area (Å²) in [5.41, 5.74) is 1.71. The van der Waals surface area contributed by atoms with Crippen LogP contribution in [0.15, 0.2) is 30.5 Å². The van der Waals surface area contributed by atoms with Gasteiger partial charge >= 0.3 is 0 Å². The zero-order valence-electron chi connectivity index (χ0n) is 8.24. The third-order valence-corrected chi connectivity index (χ3v) is 2.26. The molecule has 2 aromatic rings. The number of benzene rings is 1. The molecule has 14 heavy (non-hydrogen) atoms. The van der Waals surface area contributed by atoms with Gasteiger partial charge in [-0.2, -0.15) is 0 Å². The molecular formula is C12H11NO. The van der Waals surface area contributed by atoms with Crippen molar-refractivity contribution in [2.45, 2.75) is 13.8 Å². The molecule has 0 saturated carbocycles. The van der Waals surface area contributed by atoms with Gasteiger partial charge in [-0.15, -0.1) is 0 Å². The van der Waals surface area contributed by atoms with E-state index < -0.39 is 0 Å². The molecule has 1 heterocycles. The van der Waals surface area contributed by atoms with Crippen LogP contribution in [0.3, 0.4) is 0 Å². The molecule has 2 nitrogen and oxygen atoms in total. The maximum Gasteiger partial charge on any atom is 0.178 e. The van der Waals surface area contributed by atoms with Crippen molar-refractivity contribution in [1.82, 2.24) is 4.98 Å². The zero-order chi connectivity index (χ0) is 10.1. The van der Waals surface area contributed by atoms with E-state index in [4.69, 9.17) is 0 Å². The lowest BCUT2D eigenvalue weighted by molar-refractivity contribution is 0.101. The van der Waals surface area contributed by atoms with Crippen molar-refractivity contribution in [2.24, 2.45) is 0 Å². The van der Waals surface area contributed by atoms with Crippen LogP contribution in [0.5, 0.6) is 0 Å². The predicted octanol–water partition coefficient (Wildman–Crippen LogP) is 2.75. The van der Waals surface area contributed by atoms with Crippen LogP contribution in [0.2, 0.25) is 0 Å². The molecule has 2 heteroatoms. The van der Waals surface area contributed by atoms with Gasteiger partial charge < -0.3 is 0 Å². The number of hydrogen-bond acceptors (Lipinski definition) is 2. The fraction of sp³-hybridized carbons (Fsp3) is 0.167. The molecule has 0 N–H and O–H groups in total. The number of aryl methyl sites for hydroxylation is 1. The Morgan fingerprint density at radius 3 is 2.79 bits per heavy atom. The lowest BCUT2D eigenvalue weighted by Crippen LogP contribution is -1.97. The first-order valence-electron chi connectivity index (χ1n) is 4.55. The quantitative estimate of drug-likeness (QED) is 0.639. The largest absolute Gasteiger partial charge is 0.293 e. The minimum atomic E-state index is 0.0150. The first-order valence-corrected chi connectivity index (χ1v) is 4.55. The van der Waals surface area contributed by atoms with Gasteiger partial charge in [0, 0.05) is 18.5 Å². The standard InChI is InChI=1S/C12H11NO/c1-8-3-4-10-5-6-13-12(9(2)14)11(10)7-8/h3-7H,1-2H3. The highest BCUT2D eigenvalue weighted by Crippen LogP contribution is 2.18. The molecule has 0 amide bonds. The second kappa shape index (κ2) is 3.22. The predicted molar refractivity (Wildman–Crippen MR) is 56.5 cm³/mol. The fourth-order valence-corrected chi connectivity index (χ4v) is 1.56. The van der Waals surface area contributed by atoms with E-state index in [0.717, 1.165) is 16.3 Å². The molecule has 0 spiro atoms. The summed E-state index contributed by atoms with van der Waals surface area (Å²) in [4.78, 5) is 15.4. The maximum absolute atomic E-state index is 11.3. The van der Waals surface area contributed by atoms with Crippen molar-refractivity contribution in [3.63, 3.8) is 0 Å². The highest BCUT2D eigenvalue weighted by molar-refractivity contribution is 6.05. The van der Waals surface area contributed by atoms with Crippen molar-refractivity contribution in [3.05, 3.63) is 41.7 Å². The van der Waals surface area contributed by atoms with Gasteiger partial charge in [0.25, 0.3) is 0 Å². The normalized spacial score (nSPS) is 10.4. The monoisotopic (exact) mass is 185 g/mol. The van der Waals surface area contributed by atoms with Gasteiger partial charge in [-0.1, -0.05) is 17.7 Å². The van der Waals surface area contributed by atoms with Crippen LogP contribution in [-0.4, -0.2) is 10.8 Å². The number of nitrogens with zero attached hydrogens (tertiary/aromatic N) is 1. The Hall–Kier alpha value is -1.70. The second-order valence-corrected chi connectivity index (χ2v) is 3.44. The van der Waals surface area contributed by atoms with E-state index in [0.29, 0.717) is 5.69 Å². The molecular weight excluding hydrogens is 174 g/mol. The zero-order valence-corrected chi connectivity index (χ0v) is 8.24. The van der Waals surface area contributed by atoms with E-state index in [-0.39, 0.29) is 5.78 Å².